The van der Waals surface area contributed by atoms with Crippen LogP contribution in [0.2, 0.25) is 0 Å². The number of nitrogens with zero attached hydrogens (tertiary/aromatic N) is 3. The third-order valence-electron chi connectivity index (χ3n) is 3.93. The van der Waals surface area contributed by atoms with Gasteiger partial charge in [-0.1, -0.05) is 6.07 Å². The van der Waals surface area contributed by atoms with Crippen molar-refractivity contribution in [2.24, 2.45) is 0 Å². The second-order valence-electron chi connectivity index (χ2n) is 6.22. The molecular weight excluding hydrogens is 344 g/mol. The number of hydrogen-bond donors (Lipinski definition) is 1. The topological polar surface area (TPSA) is 58.1 Å². The maximum Gasteiger partial charge on any atom is 0.230 e. The molecule has 0 unspecified atom stereocenters. The summed E-state index contributed by atoms with van der Waals surface area (Å²) in [4.78, 5) is 23.1. The van der Waals surface area contributed by atoms with E-state index in [4.69, 9.17) is 0 Å². The maximum absolute atomic E-state index is 12.2. The Kier molecular flexibility index (Phi) is 5.96. The van der Waals surface area contributed by atoms with E-state index in [-0.39, 0.29) is 12.3 Å². The highest BCUT2D eigenvalue weighted by molar-refractivity contribution is 7.09. The van der Waals surface area contributed by atoms with Crippen molar-refractivity contribution in [1.29, 1.82) is 0 Å². The number of amides is 1. The van der Waals surface area contributed by atoms with Crippen molar-refractivity contribution in [2.75, 3.05) is 24.3 Å². The molecule has 6 heteroatoms. The Morgan fingerprint density at radius 2 is 1.88 bits per heavy atom. The van der Waals surface area contributed by atoms with Crippen molar-refractivity contribution >= 4 is 28.6 Å². The lowest BCUT2D eigenvalue weighted by molar-refractivity contribution is -0.115. The van der Waals surface area contributed by atoms with Gasteiger partial charge in [0.25, 0.3) is 0 Å². The van der Waals surface area contributed by atoms with Crippen molar-refractivity contribution in [3.63, 3.8) is 0 Å². The van der Waals surface area contributed by atoms with Gasteiger partial charge in [-0.15, -0.1) is 11.3 Å². The minimum Gasteiger partial charge on any atom is -0.378 e. The molecule has 0 saturated carbocycles. The first-order valence-corrected chi connectivity index (χ1v) is 9.38. The summed E-state index contributed by atoms with van der Waals surface area (Å²) in [5.74, 6) is -0.0517. The van der Waals surface area contributed by atoms with Crippen LogP contribution in [0, 0.1) is 0 Å². The van der Waals surface area contributed by atoms with Gasteiger partial charge < -0.3 is 10.2 Å². The third kappa shape index (κ3) is 5.13. The molecule has 3 rings (SSSR count). The lowest BCUT2D eigenvalue weighted by Crippen LogP contribution is -2.15. The van der Waals surface area contributed by atoms with E-state index in [0.29, 0.717) is 0 Å². The number of aromatic nitrogens is 2. The molecule has 0 fully saturated rings. The van der Waals surface area contributed by atoms with Crippen LogP contribution >= 0.6 is 11.3 Å². The number of pyridine rings is 1. The van der Waals surface area contributed by atoms with Crippen molar-refractivity contribution in [3.8, 4) is 0 Å². The molecule has 0 atom stereocenters. The first-order valence-electron chi connectivity index (χ1n) is 8.50. The molecule has 1 amide bonds. The predicted octanol–water partition coefficient (Wildman–Crippen LogP) is 3.57. The number of aryl methyl sites for hydroxylation is 2. The molecule has 0 aliphatic rings. The van der Waals surface area contributed by atoms with Crippen LogP contribution < -0.4 is 10.2 Å². The van der Waals surface area contributed by atoms with E-state index in [9.17, 15) is 4.79 Å². The van der Waals surface area contributed by atoms with E-state index in [0.717, 1.165) is 40.6 Å². The molecule has 1 aromatic carbocycles. The summed E-state index contributed by atoms with van der Waals surface area (Å²) in [5.41, 5.74) is 3.77. The van der Waals surface area contributed by atoms with Gasteiger partial charge in [0, 0.05) is 49.2 Å². The highest BCUT2D eigenvalue weighted by Crippen LogP contribution is 2.17. The number of nitrogens with one attached hydrogen (secondary N) is 1. The van der Waals surface area contributed by atoms with Crippen LogP contribution in [0.25, 0.3) is 0 Å². The van der Waals surface area contributed by atoms with Crippen LogP contribution in [0.15, 0.2) is 54.0 Å². The van der Waals surface area contributed by atoms with Crippen LogP contribution in [0.5, 0.6) is 0 Å². The SMILES string of the molecule is CN(C)c1ccc(NC(=O)Cc2csc(CCc3ccccn3)n2)cc1. The van der Waals surface area contributed by atoms with E-state index < -0.39 is 0 Å². The lowest BCUT2D eigenvalue weighted by Gasteiger charge is -2.12. The summed E-state index contributed by atoms with van der Waals surface area (Å²) in [7, 11) is 3.97. The highest BCUT2D eigenvalue weighted by Gasteiger charge is 2.09. The van der Waals surface area contributed by atoms with Crippen LogP contribution in [-0.4, -0.2) is 30.0 Å². The molecule has 3 aromatic rings. The standard InChI is InChI=1S/C20H22N4OS/c1-24(2)18-9-6-16(7-10-18)22-19(25)13-17-14-26-20(23-17)11-8-15-5-3-4-12-21-15/h3-7,9-10,12,14H,8,11,13H2,1-2H3,(H,22,25). The Hall–Kier alpha value is -2.73. The minimum absolute atomic E-state index is 0.0517. The molecule has 134 valence electrons. The molecule has 0 spiro atoms. The average Bonchev–Trinajstić information content (AvgIpc) is 3.08. The van der Waals surface area contributed by atoms with Gasteiger partial charge >= 0.3 is 0 Å². The molecule has 0 aliphatic heterocycles. The highest BCUT2D eigenvalue weighted by atomic mass is 32.1. The average molecular weight is 366 g/mol. The summed E-state index contributed by atoms with van der Waals surface area (Å²) in [6.45, 7) is 0. The van der Waals surface area contributed by atoms with Crippen molar-refractivity contribution < 1.29 is 4.79 Å². The minimum atomic E-state index is -0.0517. The number of carbonyl (C=O) groups excluding carboxylic acids is 1. The van der Waals surface area contributed by atoms with Gasteiger partial charge in [0.2, 0.25) is 5.91 Å². The normalized spacial score (nSPS) is 10.5. The van der Waals surface area contributed by atoms with Crippen molar-refractivity contribution in [2.45, 2.75) is 19.3 Å². The van der Waals surface area contributed by atoms with E-state index in [1.54, 1.807) is 17.5 Å². The fourth-order valence-corrected chi connectivity index (χ4v) is 3.34. The fourth-order valence-electron chi connectivity index (χ4n) is 2.54. The summed E-state index contributed by atoms with van der Waals surface area (Å²) < 4.78 is 0. The van der Waals surface area contributed by atoms with Gasteiger partial charge in [-0.05, 0) is 42.8 Å². The Morgan fingerprint density at radius 1 is 1.08 bits per heavy atom. The Balaban J connectivity index is 1.51. The number of thiazole rings is 1. The van der Waals surface area contributed by atoms with Gasteiger partial charge in [-0.25, -0.2) is 4.98 Å². The number of rotatable bonds is 7. The largest absolute Gasteiger partial charge is 0.378 e. The second kappa shape index (κ2) is 8.58. The predicted molar refractivity (Wildman–Crippen MR) is 107 cm³/mol. The molecule has 0 radical (unpaired) electrons. The zero-order chi connectivity index (χ0) is 18.4. The van der Waals surface area contributed by atoms with E-state index in [1.165, 1.54) is 0 Å². The van der Waals surface area contributed by atoms with Gasteiger partial charge in [0.1, 0.15) is 0 Å². The third-order valence-corrected chi connectivity index (χ3v) is 4.89. The molecule has 0 bridgehead atoms. The number of hydrogen-bond acceptors (Lipinski definition) is 5. The van der Waals surface area contributed by atoms with E-state index in [1.807, 2.05) is 66.8 Å². The first-order chi connectivity index (χ1) is 12.6. The van der Waals surface area contributed by atoms with Crippen LogP contribution in [0.4, 0.5) is 11.4 Å². The van der Waals surface area contributed by atoms with Gasteiger partial charge in [-0.3, -0.25) is 9.78 Å². The molecular formula is C20H22N4OS. The molecule has 2 aromatic heterocycles. The van der Waals surface area contributed by atoms with Crippen molar-refractivity contribution in [3.05, 3.63) is 70.4 Å². The summed E-state index contributed by atoms with van der Waals surface area (Å²) >= 11 is 1.60. The van der Waals surface area contributed by atoms with Crippen LogP contribution in [0.3, 0.4) is 0 Å². The number of carbonyl (C=O) groups is 1. The van der Waals surface area contributed by atoms with Crippen LogP contribution in [-0.2, 0) is 24.1 Å². The molecule has 26 heavy (non-hydrogen) atoms. The number of anilines is 2. The van der Waals surface area contributed by atoms with Gasteiger partial charge in [0.15, 0.2) is 0 Å². The van der Waals surface area contributed by atoms with Crippen LogP contribution in [0.1, 0.15) is 16.4 Å². The smallest absolute Gasteiger partial charge is 0.230 e. The number of benzene rings is 1. The van der Waals surface area contributed by atoms with Crippen molar-refractivity contribution in [1.82, 2.24) is 9.97 Å². The van der Waals surface area contributed by atoms with E-state index in [2.05, 4.69) is 15.3 Å². The van der Waals surface area contributed by atoms with E-state index >= 15 is 0 Å². The molecule has 1 N–H and O–H groups in total. The lowest BCUT2D eigenvalue weighted by atomic mass is 10.2. The summed E-state index contributed by atoms with van der Waals surface area (Å²) in [5, 5.41) is 5.92. The Bertz CT molecular complexity index is 844. The quantitative estimate of drug-likeness (QED) is 0.694. The first kappa shape index (κ1) is 18.1. The zero-order valence-corrected chi connectivity index (χ0v) is 15.8. The Labute approximate surface area is 157 Å². The van der Waals surface area contributed by atoms with Gasteiger partial charge in [-0.2, -0.15) is 0 Å². The zero-order valence-electron chi connectivity index (χ0n) is 15.0. The fraction of sp³-hybridized carbons (Fsp3) is 0.250. The second-order valence-corrected chi connectivity index (χ2v) is 7.16. The molecule has 0 saturated heterocycles. The molecule has 2 heterocycles. The Morgan fingerprint density at radius 3 is 2.58 bits per heavy atom. The summed E-state index contributed by atoms with van der Waals surface area (Å²) in [6, 6.07) is 13.7. The molecule has 5 nitrogen and oxygen atoms in total. The maximum atomic E-state index is 12.2. The van der Waals surface area contributed by atoms with Gasteiger partial charge in [0.05, 0.1) is 17.1 Å². The summed E-state index contributed by atoms with van der Waals surface area (Å²) in [6.07, 6.45) is 3.79. The molecule has 0 aliphatic carbocycles. The monoisotopic (exact) mass is 366 g/mol.